The van der Waals surface area contributed by atoms with E-state index < -0.39 is 18.5 Å². The molecule has 6 rings (SSSR count). The standard InChI is InChI=1S/C32H23N5O4/c38-28(35-27-19-29(39)37(36-27)24-14-8-3-9-15-24)20-41-32(40)23-16-17-25-26(18-23)34-31(22-12-6-2-7-13-22)30(33-25)21-10-4-1-5-11-21/h1-19,36H,20H2,(H,35,38). The topological polar surface area (TPSA) is 119 Å². The second kappa shape index (κ2) is 11.1. The molecule has 2 aromatic heterocycles. The highest BCUT2D eigenvalue weighted by Gasteiger charge is 2.16. The van der Waals surface area contributed by atoms with Gasteiger partial charge in [0.2, 0.25) is 0 Å². The van der Waals surface area contributed by atoms with E-state index in [-0.39, 0.29) is 16.9 Å². The lowest BCUT2D eigenvalue weighted by Gasteiger charge is -2.11. The average molecular weight is 542 g/mol. The second-order valence-corrected chi connectivity index (χ2v) is 9.16. The van der Waals surface area contributed by atoms with Gasteiger partial charge in [-0.1, -0.05) is 78.9 Å². The van der Waals surface area contributed by atoms with Crippen molar-refractivity contribution >= 4 is 28.7 Å². The van der Waals surface area contributed by atoms with E-state index in [0.29, 0.717) is 22.4 Å². The van der Waals surface area contributed by atoms with Crippen LogP contribution in [0.4, 0.5) is 5.82 Å². The fourth-order valence-corrected chi connectivity index (χ4v) is 4.41. The van der Waals surface area contributed by atoms with E-state index in [1.807, 2.05) is 66.7 Å². The molecule has 0 fully saturated rings. The number of esters is 1. The first-order chi connectivity index (χ1) is 20.0. The van der Waals surface area contributed by atoms with Gasteiger partial charge in [-0.25, -0.2) is 19.4 Å². The zero-order chi connectivity index (χ0) is 28.2. The number of ether oxygens (including phenoxy) is 1. The number of carbonyl (C=O) groups is 2. The number of hydrogen-bond donors (Lipinski definition) is 2. The Balaban J connectivity index is 1.20. The van der Waals surface area contributed by atoms with E-state index in [0.717, 1.165) is 16.8 Å². The summed E-state index contributed by atoms with van der Waals surface area (Å²) in [6.45, 7) is -0.538. The number of H-pyrrole nitrogens is 1. The van der Waals surface area contributed by atoms with Crippen LogP contribution in [-0.4, -0.2) is 38.2 Å². The summed E-state index contributed by atoms with van der Waals surface area (Å²) in [6, 6.07) is 34.6. The third-order valence-corrected chi connectivity index (χ3v) is 6.34. The van der Waals surface area contributed by atoms with Gasteiger partial charge in [0.15, 0.2) is 6.61 Å². The molecule has 0 aliphatic carbocycles. The third-order valence-electron chi connectivity index (χ3n) is 6.34. The molecule has 0 unspecified atom stereocenters. The van der Waals surface area contributed by atoms with Crippen LogP contribution in [0.3, 0.4) is 0 Å². The van der Waals surface area contributed by atoms with Crippen molar-refractivity contribution in [2.75, 3.05) is 11.9 Å². The summed E-state index contributed by atoms with van der Waals surface area (Å²) in [5.41, 5.74) is 4.88. The molecule has 4 aromatic carbocycles. The molecule has 9 heteroatoms. The first-order valence-electron chi connectivity index (χ1n) is 12.8. The van der Waals surface area contributed by atoms with Gasteiger partial charge in [0.05, 0.1) is 33.7 Å². The Kier molecular flexibility index (Phi) is 6.90. The van der Waals surface area contributed by atoms with Crippen LogP contribution in [0.1, 0.15) is 10.4 Å². The first kappa shape index (κ1) is 25.4. The van der Waals surface area contributed by atoms with Gasteiger partial charge in [-0.2, -0.15) is 0 Å². The third kappa shape index (κ3) is 5.50. The number of anilines is 1. The molecule has 0 saturated heterocycles. The van der Waals surface area contributed by atoms with Gasteiger partial charge in [0.1, 0.15) is 5.82 Å². The van der Waals surface area contributed by atoms with E-state index in [2.05, 4.69) is 10.4 Å². The van der Waals surface area contributed by atoms with Crippen molar-refractivity contribution in [1.82, 2.24) is 19.7 Å². The van der Waals surface area contributed by atoms with Crippen LogP contribution in [0.15, 0.2) is 120 Å². The molecule has 0 aliphatic heterocycles. The number of amides is 1. The first-order valence-corrected chi connectivity index (χ1v) is 12.8. The van der Waals surface area contributed by atoms with Gasteiger partial charge in [-0.3, -0.25) is 14.7 Å². The molecule has 9 nitrogen and oxygen atoms in total. The largest absolute Gasteiger partial charge is 0.452 e. The number of carbonyl (C=O) groups excluding carboxylic acids is 2. The van der Waals surface area contributed by atoms with Crippen molar-refractivity contribution in [3.8, 4) is 28.2 Å². The molecule has 0 aliphatic rings. The molecule has 41 heavy (non-hydrogen) atoms. The van der Waals surface area contributed by atoms with Crippen LogP contribution in [0, 0.1) is 0 Å². The summed E-state index contributed by atoms with van der Waals surface area (Å²) in [5, 5.41) is 5.36. The van der Waals surface area contributed by atoms with Gasteiger partial charge in [0.25, 0.3) is 11.5 Å². The monoisotopic (exact) mass is 541 g/mol. The van der Waals surface area contributed by atoms with Crippen molar-refractivity contribution in [2.24, 2.45) is 0 Å². The van der Waals surface area contributed by atoms with E-state index >= 15 is 0 Å². The SMILES string of the molecule is O=C(COC(=O)c1ccc2nc(-c3ccccc3)c(-c3ccccc3)nc2c1)Nc1cc(=O)n(-c2ccccc2)[nH]1. The van der Waals surface area contributed by atoms with E-state index in [1.165, 1.54) is 10.7 Å². The zero-order valence-electron chi connectivity index (χ0n) is 21.7. The molecule has 200 valence electrons. The maximum atomic E-state index is 12.8. The molecule has 6 aromatic rings. The van der Waals surface area contributed by atoms with E-state index in [9.17, 15) is 14.4 Å². The zero-order valence-corrected chi connectivity index (χ0v) is 21.7. The maximum absolute atomic E-state index is 12.8. The van der Waals surface area contributed by atoms with Crippen molar-refractivity contribution in [3.05, 3.63) is 131 Å². The summed E-state index contributed by atoms with van der Waals surface area (Å²) in [4.78, 5) is 47.3. The predicted octanol–water partition coefficient (Wildman–Crippen LogP) is 5.24. The Morgan fingerprint density at radius 1 is 0.732 bits per heavy atom. The number of hydrogen-bond acceptors (Lipinski definition) is 6. The Morgan fingerprint density at radius 2 is 1.32 bits per heavy atom. The quantitative estimate of drug-likeness (QED) is 0.267. The Hall–Kier alpha value is -5.83. The fourth-order valence-electron chi connectivity index (χ4n) is 4.41. The molecule has 0 atom stereocenters. The second-order valence-electron chi connectivity index (χ2n) is 9.16. The number of para-hydroxylation sites is 1. The van der Waals surface area contributed by atoms with E-state index in [1.54, 1.807) is 42.5 Å². The van der Waals surface area contributed by atoms with Gasteiger partial charge in [-0.15, -0.1) is 0 Å². The van der Waals surface area contributed by atoms with Gasteiger partial charge < -0.3 is 10.1 Å². The molecular formula is C32H23N5O4. The highest BCUT2D eigenvalue weighted by atomic mass is 16.5. The minimum Gasteiger partial charge on any atom is -0.452 e. The van der Waals surface area contributed by atoms with Crippen LogP contribution in [0.25, 0.3) is 39.2 Å². The minimum atomic E-state index is -0.687. The van der Waals surface area contributed by atoms with Crippen LogP contribution >= 0.6 is 0 Å². The number of benzene rings is 4. The molecule has 0 spiro atoms. The van der Waals surface area contributed by atoms with Crippen molar-refractivity contribution in [1.29, 1.82) is 0 Å². The highest BCUT2D eigenvalue weighted by molar-refractivity contribution is 5.97. The Bertz CT molecular complexity index is 1920. The van der Waals surface area contributed by atoms with Crippen molar-refractivity contribution < 1.29 is 14.3 Å². The van der Waals surface area contributed by atoms with Crippen LogP contribution in [0.5, 0.6) is 0 Å². The summed E-state index contributed by atoms with van der Waals surface area (Å²) in [5.74, 6) is -1.10. The average Bonchev–Trinajstić information content (AvgIpc) is 3.39. The fraction of sp³-hybridized carbons (Fsp3) is 0.0312. The van der Waals surface area contributed by atoms with Crippen LogP contribution in [-0.2, 0) is 9.53 Å². The number of nitrogens with zero attached hydrogens (tertiary/aromatic N) is 3. The number of aromatic nitrogens is 4. The normalized spacial score (nSPS) is 10.8. The highest BCUT2D eigenvalue weighted by Crippen LogP contribution is 2.31. The van der Waals surface area contributed by atoms with Gasteiger partial charge >= 0.3 is 5.97 Å². The van der Waals surface area contributed by atoms with Crippen LogP contribution in [0.2, 0.25) is 0 Å². The molecule has 0 bridgehead atoms. The number of nitrogens with one attached hydrogen (secondary N) is 2. The summed E-state index contributed by atoms with van der Waals surface area (Å²) in [7, 11) is 0. The summed E-state index contributed by atoms with van der Waals surface area (Å²) < 4.78 is 6.54. The van der Waals surface area contributed by atoms with Gasteiger partial charge in [-0.05, 0) is 30.3 Å². The lowest BCUT2D eigenvalue weighted by atomic mass is 10.0. The maximum Gasteiger partial charge on any atom is 0.338 e. The molecule has 1 amide bonds. The molecule has 2 N–H and O–H groups in total. The van der Waals surface area contributed by atoms with E-state index in [4.69, 9.17) is 14.7 Å². The molecule has 0 radical (unpaired) electrons. The lowest BCUT2D eigenvalue weighted by Crippen LogP contribution is -2.21. The Labute approximate surface area is 234 Å². The smallest absolute Gasteiger partial charge is 0.338 e. The number of fused-ring (bicyclic) bond motifs is 1. The van der Waals surface area contributed by atoms with Crippen LogP contribution < -0.4 is 10.9 Å². The predicted molar refractivity (Wildman–Crippen MR) is 156 cm³/mol. The lowest BCUT2D eigenvalue weighted by molar-refractivity contribution is -0.119. The molecule has 2 heterocycles. The molecule has 0 saturated carbocycles. The molecular weight excluding hydrogens is 518 g/mol. The van der Waals surface area contributed by atoms with Crippen molar-refractivity contribution in [3.63, 3.8) is 0 Å². The van der Waals surface area contributed by atoms with Gasteiger partial charge in [0, 0.05) is 17.2 Å². The summed E-state index contributed by atoms with van der Waals surface area (Å²) in [6.07, 6.45) is 0. The van der Waals surface area contributed by atoms with Crippen molar-refractivity contribution in [2.45, 2.75) is 0 Å². The number of aromatic amines is 1. The number of rotatable bonds is 7. The minimum absolute atomic E-state index is 0.184. The Morgan fingerprint density at radius 3 is 1.95 bits per heavy atom. The summed E-state index contributed by atoms with van der Waals surface area (Å²) >= 11 is 0.